The Morgan fingerprint density at radius 3 is 1.75 bits per heavy atom. The van der Waals surface area contributed by atoms with Crippen LogP contribution in [-0.2, 0) is 11.2 Å². The molecule has 0 amide bonds. The molecule has 4 nitrogen and oxygen atoms in total. The van der Waals surface area contributed by atoms with Crippen LogP contribution in [0, 0.1) is 12.7 Å². The van der Waals surface area contributed by atoms with Gasteiger partial charge < -0.3 is 15.0 Å². The molecule has 1 N–H and O–H groups in total. The van der Waals surface area contributed by atoms with Gasteiger partial charge in [0.15, 0.2) is 0 Å². The Kier molecular flexibility index (Phi) is 28.3. The van der Waals surface area contributed by atoms with E-state index in [0.717, 1.165) is 17.6 Å². The van der Waals surface area contributed by atoms with Crippen molar-refractivity contribution >= 4 is 23.9 Å². The first-order chi connectivity index (χ1) is 19.0. The van der Waals surface area contributed by atoms with Gasteiger partial charge in [-0.2, -0.15) is 8.78 Å². The molecule has 7 heteroatoms. The van der Waals surface area contributed by atoms with Crippen molar-refractivity contribution in [3.63, 3.8) is 0 Å². The number of aryl methyl sites for hydroxylation is 2. The Morgan fingerprint density at radius 2 is 1.40 bits per heavy atom. The van der Waals surface area contributed by atoms with Crippen molar-refractivity contribution in [1.82, 2.24) is 5.32 Å². The van der Waals surface area contributed by atoms with Gasteiger partial charge >= 0.3 is 6.43 Å². The molecular weight excluding hydrogens is 511 g/mol. The summed E-state index contributed by atoms with van der Waals surface area (Å²) in [5, 5.41) is 3.28. The van der Waals surface area contributed by atoms with Crippen LogP contribution in [0.1, 0.15) is 76.6 Å². The summed E-state index contributed by atoms with van der Waals surface area (Å²) in [5.74, 6) is -0.603. The van der Waals surface area contributed by atoms with E-state index in [1.165, 1.54) is 44.6 Å². The number of ether oxygens (including phenoxy) is 1. The number of nitrogens with zero attached hydrogens (tertiary/aromatic N) is 2. The molecule has 0 fully saturated rings. The van der Waals surface area contributed by atoms with E-state index in [2.05, 4.69) is 49.0 Å². The fourth-order valence-corrected chi connectivity index (χ4v) is 2.64. The van der Waals surface area contributed by atoms with Crippen molar-refractivity contribution in [2.24, 2.45) is 9.98 Å². The third-order valence-electron chi connectivity index (χ3n) is 4.84. The lowest BCUT2D eigenvalue weighted by Gasteiger charge is -2.10. The molecule has 0 unspecified atom stereocenters. The van der Waals surface area contributed by atoms with Gasteiger partial charge in [-0.1, -0.05) is 89.7 Å². The van der Waals surface area contributed by atoms with Crippen molar-refractivity contribution in [2.45, 2.75) is 74.2 Å². The molecule has 0 radical (unpaired) electrons. The Labute approximate surface area is 242 Å². The van der Waals surface area contributed by atoms with E-state index < -0.39 is 12.3 Å². The summed E-state index contributed by atoms with van der Waals surface area (Å²) in [5.41, 5.74) is 4.27. The van der Waals surface area contributed by atoms with Gasteiger partial charge in [-0.3, -0.25) is 4.99 Å². The van der Waals surface area contributed by atoms with Gasteiger partial charge in [-0.05, 0) is 75.7 Å². The largest absolute Gasteiger partial charge is 0.438 e. The van der Waals surface area contributed by atoms with Crippen LogP contribution in [0.25, 0.3) is 11.3 Å². The van der Waals surface area contributed by atoms with Crippen molar-refractivity contribution < 1.29 is 17.9 Å². The Bertz CT molecular complexity index is 967. The number of halogens is 3. The summed E-state index contributed by atoms with van der Waals surface area (Å²) in [6, 6.07) is 12.6. The highest BCUT2D eigenvalue weighted by atomic mass is 19.3. The SMILES string of the molecule is C=C(C)c1ccc(C)c(F)c1.C=C(OC(=NC)C(F)F)c1ccc(CC)cc1.C=NC.CC.CCCNCCC. The molecule has 0 spiro atoms. The Hall–Kier alpha value is -3.19. The molecule has 0 saturated carbocycles. The molecular formula is C33H52F3N3O. The first-order valence-electron chi connectivity index (χ1n) is 13.7. The molecule has 2 rings (SSSR count). The summed E-state index contributed by atoms with van der Waals surface area (Å²) in [6.07, 6.45) is 0.693. The fourth-order valence-electron chi connectivity index (χ4n) is 2.64. The molecule has 0 aliphatic rings. The quantitative estimate of drug-likeness (QED) is 0.143. The van der Waals surface area contributed by atoms with Crippen molar-refractivity contribution in [2.75, 3.05) is 27.2 Å². The third kappa shape index (κ3) is 20.7. The smallest absolute Gasteiger partial charge is 0.312 e. The van der Waals surface area contributed by atoms with Gasteiger partial charge in [0.1, 0.15) is 11.6 Å². The van der Waals surface area contributed by atoms with Crippen LogP contribution in [0.5, 0.6) is 0 Å². The minimum atomic E-state index is -2.73. The summed E-state index contributed by atoms with van der Waals surface area (Å²) >= 11 is 0. The van der Waals surface area contributed by atoms with E-state index in [1.807, 2.05) is 45.9 Å². The summed E-state index contributed by atoms with van der Waals surface area (Å²) < 4.78 is 42.6. The van der Waals surface area contributed by atoms with Crippen LogP contribution in [0.2, 0.25) is 0 Å². The number of allylic oxidation sites excluding steroid dienone is 1. The lowest BCUT2D eigenvalue weighted by molar-refractivity contribution is 0.196. The zero-order chi connectivity index (χ0) is 31.5. The van der Waals surface area contributed by atoms with Gasteiger partial charge in [0.05, 0.1) is 0 Å². The molecule has 0 aliphatic heterocycles. The number of hydrogen-bond donors (Lipinski definition) is 1. The zero-order valence-corrected chi connectivity index (χ0v) is 26.2. The van der Waals surface area contributed by atoms with E-state index in [1.54, 1.807) is 32.2 Å². The highest BCUT2D eigenvalue weighted by molar-refractivity contribution is 5.84. The molecule has 0 aromatic heterocycles. The number of hydrogen-bond acceptors (Lipinski definition) is 4. The maximum Gasteiger partial charge on any atom is 0.312 e. The fraction of sp³-hybridized carbons (Fsp3) is 0.455. The highest BCUT2D eigenvalue weighted by Gasteiger charge is 2.16. The van der Waals surface area contributed by atoms with Crippen LogP contribution < -0.4 is 5.32 Å². The first-order valence-corrected chi connectivity index (χ1v) is 13.7. The summed E-state index contributed by atoms with van der Waals surface area (Å²) in [6.45, 7) is 26.8. The van der Waals surface area contributed by atoms with Gasteiger partial charge in [-0.15, -0.1) is 0 Å². The molecule has 0 aliphatic carbocycles. The second-order valence-corrected chi connectivity index (χ2v) is 8.25. The monoisotopic (exact) mass is 563 g/mol. The molecule has 2 aromatic carbocycles. The second-order valence-electron chi connectivity index (χ2n) is 8.25. The lowest BCUT2D eigenvalue weighted by Crippen LogP contribution is -2.14. The third-order valence-corrected chi connectivity index (χ3v) is 4.84. The second kappa shape index (κ2) is 27.4. The van der Waals surface area contributed by atoms with Gasteiger partial charge in [0.2, 0.25) is 0 Å². The van der Waals surface area contributed by atoms with Crippen LogP contribution in [0.4, 0.5) is 13.2 Å². The van der Waals surface area contributed by atoms with Crippen LogP contribution in [0.3, 0.4) is 0 Å². The minimum Gasteiger partial charge on any atom is -0.438 e. The van der Waals surface area contributed by atoms with Crippen molar-refractivity contribution in [1.29, 1.82) is 0 Å². The van der Waals surface area contributed by atoms with Gasteiger partial charge in [0.25, 0.3) is 5.90 Å². The zero-order valence-electron chi connectivity index (χ0n) is 26.2. The van der Waals surface area contributed by atoms with Gasteiger partial charge in [-0.25, -0.2) is 4.39 Å². The molecule has 0 saturated heterocycles. The normalized spacial score (nSPS) is 9.78. The molecule has 40 heavy (non-hydrogen) atoms. The first kappa shape index (κ1) is 41.3. The van der Waals surface area contributed by atoms with E-state index in [4.69, 9.17) is 4.74 Å². The molecule has 2 aromatic rings. The number of aliphatic imine (C=N–C) groups is 2. The predicted octanol–water partition coefficient (Wildman–Crippen LogP) is 9.44. The van der Waals surface area contributed by atoms with E-state index in [-0.39, 0.29) is 11.6 Å². The van der Waals surface area contributed by atoms with Crippen molar-refractivity contribution in [3.8, 4) is 0 Å². The number of rotatable bonds is 9. The van der Waals surface area contributed by atoms with Crippen LogP contribution in [0.15, 0.2) is 65.6 Å². The van der Waals surface area contributed by atoms with E-state index in [0.29, 0.717) is 11.1 Å². The Balaban J connectivity index is -0.000000511. The number of alkyl halides is 2. The number of benzene rings is 2. The average Bonchev–Trinajstić information content (AvgIpc) is 2.95. The number of nitrogens with one attached hydrogen (secondary N) is 1. The van der Waals surface area contributed by atoms with E-state index in [9.17, 15) is 13.2 Å². The van der Waals surface area contributed by atoms with Crippen molar-refractivity contribution in [3.05, 3.63) is 83.7 Å². The highest BCUT2D eigenvalue weighted by Crippen LogP contribution is 2.17. The standard InChI is InChI=1S/C13H15F2NO.C10H11F.C6H15N.C2H5N.C2H6/c1-4-10-5-7-11(8-6-10)9(2)17-13(16-3)12(14)15;1-7(2)9-5-4-8(3)10(11)6-9;1-3-5-7-6-4-2;1-3-2;1-2/h5-8,12H,2,4H2,1,3H3;4-6H,1H2,2-3H3;7H,3-6H2,1-2H3;1H2,2H3;1-2H3. The predicted molar refractivity (Wildman–Crippen MR) is 171 cm³/mol. The molecule has 0 bridgehead atoms. The topological polar surface area (TPSA) is 46.0 Å². The van der Waals surface area contributed by atoms with Gasteiger partial charge in [0, 0.05) is 19.7 Å². The minimum absolute atomic E-state index is 0.162. The molecule has 0 heterocycles. The maximum atomic E-state index is 12.9. The van der Waals surface area contributed by atoms with Crippen LogP contribution in [-0.4, -0.2) is 46.2 Å². The maximum absolute atomic E-state index is 12.9. The molecule has 0 atom stereocenters. The van der Waals surface area contributed by atoms with Crippen LogP contribution >= 0.6 is 0 Å². The Morgan fingerprint density at radius 1 is 0.925 bits per heavy atom. The summed E-state index contributed by atoms with van der Waals surface area (Å²) in [4.78, 5) is 6.62. The average molecular weight is 564 g/mol. The van der Waals surface area contributed by atoms with E-state index >= 15 is 0 Å². The lowest BCUT2D eigenvalue weighted by atomic mass is 10.1. The molecule has 226 valence electrons. The summed E-state index contributed by atoms with van der Waals surface area (Å²) in [7, 11) is 2.90.